The average Bonchev–Trinajstić information content (AvgIpc) is 2.46. The van der Waals surface area contributed by atoms with Crippen molar-refractivity contribution in [1.82, 2.24) is 0 Å². The molecule has 0 spiro atoms. The number of aryl methyl sites for hydroxylation is 1. The minimum Gasteiger partial charge on any atom is -0.465 e. The molecule has 0 aliphatic carbocycles. The van der Waals surface area contributed by atoms with E-state index in [9.17, 15) is 4.79 Å². The first-order chi connectivity index (χ1) is 10.1. The topological polar surface area (TPSA) is 50.4 Å². The fraction of sp³-hybridized carbons (Fsp3) is 0.125. The van der Waals surface area contributed by atoms with Crippen molar-refractivity contribution in [2.45, 2.75) is 6.92 Å². The number of ether oxygens (including phenoxy) is 1. The van der Waals surface area contributed by atoms with Crippen LogP contribution in [0.2, 0.25) is 0 Å². The number of hydrogen-bond donors (Lipinski definition) is 2. The second-order valence-electron chi connectivity index (χ2n) is 4.52. The van der Waals surface area contributed by atoms with E-state index in [0.717, 1.165) is 16.9 Å². The van der Waals surface area contributed by atoms with E-state index in [1.165, 1.54) is 7.11 Å². The number of anilines is 2. The number of carbonyl (C=O) groups is 1. The molecule has 0 aliphatic heterocycles. The lowest BCUT2D eigenvalue weighted by atomic mass is 10.2. The molecule has 5 heteroatoms. The van der Waals surface area contributed by atoms with Crippen molar-refractivity contribution in [3.63, 3.8) is 0 Å². The third kappa shape index (κ3) is 4.29. The van der Waals surface area contributed by atoms with Gasteiger partial charge in [0.15, 0.2) is 5.11 Å². The van der Waals surface area contributed by atoms with Gasteiger partial charge in [-0.1, -0.05) is 18.2 Å². The highest BCUT2D eigenvalue weighted by Crippen LogP contribution is 2.13. The lowest BCUT2D eigenvalue weighted by molar-refractivity contribution is 0.0601. The zero-order chi connectivity index (χ0) is 15.2. The number of benzene rings is 2. The molecular formula is C16H16N2O2S. The number of nitrogens with one attached hydrogen (secondary N) is 2. The van der Waals surface area contributed by atoms with Gasteiger partial charge in [-0.25, -0.2) is 4.79 Å². The molecule has 0 saturated carbocycles. The summed E-state index contributed by atoms with van der Waals surface area (Å²) in [6.45, 7) is 2.02. The van der Waals surface area contributed by atoms with E-state index in [-0.39, 0.29) is 5.97 Å². The highest BCUT2D eigenvalue weighted by Gasteiger charge is 2.06. The normalized spacial score (nSPS) is 9.81. The second-order valence-corrected chi connectivity index (χ2v) is 4.93. The first-order valence-electron chi connectivity index (χ1n) is 6.41. The fourth-order valence-corrected chi connectivity index (χ4v) is 2.09. The molecule has 0 atom stereocenters. The second kappa shape index (κ2) is 6.85. The Hall–Kier alpha value is -2.40. The number of thiocarbonyl (C=S) groups is 1. The van der Waals surface area contributed by atoms with Crippen molar-refractivity contribution in [3.05, 3.63) is 59.7 Å². The van der Waals surface area contributed by atoms with Crippen molar-refractivity contribution in [2.75, 3.05) is 17.7 Å². The SMILES string of the molecule is COC(=O)c1cccc(NC(=S)Nc2cccc(C)c2)c1. The summed E-state index contributed by atoms with van der Waals surface area (Å²) in [4.78, 5) is 11.5. The molecule has 4 nitrogen and oxygen atoms in total. The smallest absolute Gasteiger partial charge is 0.337 e. The van der Waals surface area contributed by atoms with Crippen molar-refractivity contribution < 1.29 is 9.53 Å². The maximum absolute atomic E-state index is 11.5. The Balaban J connectivity index is 2.04. The van der Waals surface area contributed by atoms with E-state index in [2.05, 4.69) is 15.4 Å². The van der Waals surface area contributed by atoms with Crippen LogP contribution in [0.15, 0.2) is 48.5 Å². The molecule has 2 rings (SSSR count). The maximum atomic E-state index is 11.5. The summed E-state index contributed by atoms with van der Waals surface area (Å²) >= 11 is 5.26. The van der Waals surface area contributed by atoms with Gasteiger partial charge >= 0.3 is 5.97 Å². The van der Waals surface area contributed by atoms with Gasteiger partial charge in [0.1, 0.15) is 0 Å². The summed E-state index contributed by atoms with van der Waals surface area (Å²) in [5.41, 5.74) is 3.26. The van der Waals surface area contributed by atoms with Crippen LogP contribution in [0.3, 0.4) is 0 Å². The van der Waals surface area contributed by atoms with Crippen LogP contribution >= 0.6 is 12.2 Å². The molecule has 2 aromatic carbocycles. The lowest BCUT2D eigenvalue weighted by Crippen LogP contribution is -2.19. The minimum atomic E-state index is -0.379. The van der Waals surface area contributed by atoms with Crippen molar-refractivity contribution >= 4 is 34.7 Å². The van der Waals surface area contributed by atoms with E-state index < -0.39 is 0 Å². The Morgan fingerprint density at radius 3 is 2.29 bits per heavy atom. The molecular weight excluding hydrogens is 284 g/mol. The molecule has 0 aliphatic rings. The Kier molecular flexibility index (Phi) is 4.90. The van der Waals surface area contributed by atoms with Gasteiger partial charge in [-0.2, -0.15) is 0 Å². The van der Waals surface area contributed by atoms with Gasteiger partial charge in [-0.15, -0.1) is 0 Å². The van der Waals surface area contributed by atoms with Crippen LogP contribution in [0.1, 0.15) is 15.9 Å². The molecule has 0 fully saturated rings. The first kappa shape index (κ1) is 15.0. The molecule has 0 amide bonds. The van der Waals surface area contributed by atoms with Gasteiger partial charge in [-0.3, -0.25) is 0 Å². The van der Waals surface area contributed by atoms with Gasteiger partial charge in [-0.05, 0) is 55.0 Å². The average molecular weight is 300 g/mol. The third-order valence-corrected chi connectivity index (χ3v) is 3.02. The van der Waals surface area contributed by atoms with Gasteiger partial charge in [0, 0.05) is 11.4 Å². The van der Waals surface area contributed by atoms with Crippen LogP contribution in [0.5, 0.6) is 0 Å². The van der Waals surface area contributed by atoms with Crippen LogP contribution in [0.25, 0.3) is 0 Å². The summed E-state index contributed by atoms with van der Waals surface area (Å²) in [5, 5.41) is 6.60. The monoisotopic (exact) mass is 300 g/mol. The molecule has 0 bridgehead atoms. The first-order valence-corrected chi connectivity index (χ1v) is 6.82. The lowest BCUT2D eigenvalue weighted by Gasteiger charge is -2.11. The van der Waals surface area contributed by atoms with E-state index >= 15 is 0 Å². The van der Waals surface area contributed by atoms with Crippen molar-refractivity contribution in [2.24, 2.45) is 0 Å². The van der Waals surface area contributed by atoms with Crippen molar-refractivity contribution in [3.8, 4) is 0 Å². The predicted molar refractivity (Wildman–Crippen MR) is 88.8 cm³/mol. The van der Waals surface area contributed by atoms with E-state index in [0.29, 0.717) is 10.7 Å². The van der Waals surface area contributed by atoms with E-state index in [4.69, 9.17) is 12.2 Å². The van der Waals surface area contributed by atoms with Crippen LogP contribution in [0, 0.1) is 6.92 Å². The van der Waals surface area contributed by atoms with Crippen LogP contribution in [0.4, 0.5) is 11.4 Å². The number of rotatable bonds is 3. The summed E-state index contributed by atoms with van der Waals surface area (Å²) in [7, 11) is 1.35. The molecule has 0 aromatic heterocycles. The van der Waals surface area contributed by atoms with Crippen LogP contribution in [-0.2, 0) is 4.74 Å². The zero-order valence-electron chi connectivity index (χ0n) is 11.8. The number of esters is 1. The molecule has 2 aromatic rings. The summed E-state index contributed by atoms with van der Waals surface area (Å²) in [6.07, 6.45) is 0. The number of methoxy groups -OCH3 is 1. The number of hydrogen-bond acceptors (Lipinski definition) is 3. The summed E-state index contributed by atoms with van der Waals surface area (Å²) in [5.74, 6) is -0.379. The number of carbonyl (C=O) groups excluding carboxylic acids is 1. The Bertz CT molecular complexity index is 671. The maximum Gasteiger partial charge on any atom is 0.337 e. The minimum absolute atomic E-state index is 0.379. The molecule has 0 radical (unpaired) electrons. The Morgan fingerprint density at radius 1 is 1.05 bits per heavy atom. The molecule has 0 unspecified atom stereocenters. The quantitative estimate of drug-likeness (QED) is 0.670. The predicted octanol–water partition coefficient (Wildman–Crippen LogP) is 3.59. The molecule has 2 N–H and O–H groups in total. The summed E-state index contributed by atoms with van der Waals surface area (Å²) in [6, 6.07) is 14.9. The molecule has 0 saturated heterocycles. The highest BCUT2D eigenvalue weighted by atomic mass is 32.1. The molecule has 21 heavy (non-hydrogen) atoms. The Morgan fingerprint density at radius 2 is 1.67 bits per heavy atom. The van der Waals surface area contributed by atoms with Crippen molar-refractivity contribution in [1.29, 1.82) is 0 Å². The van der Waals surface area contributed by atoms with E-state index in [1.807, 2.05) is 37.3 Å². The zero-order valence-corrected chi connectivity index (χ0v) is 12.7. The van der Waals surface area contributed by atoms with Crippen LogP contribution < -0.4 is 10.6 Å². The van der Waals surface area contributed by atoms with Gasteiger partial charge in [0.25, 0.3) is 0 Å². The van der Waals surface area contributed by atoms with E-state index in [1.54, 1.807) is 18.2 Å². The van der Waals surface area contributed by atoms with Gasteiger partial charge in [0.2, 0.25) is 0 Å². The van der Waals surface area contributed by atoms with Gasteiger partial charge < -0.3 is 15.4 Å². The van der Waals surface area contributed by atoms with Crippen LogP contribution in [-0.4, -0.2) is 18.2 Å². The Labute approximate surface area is 129 Å². The largest absolute Gasteiger partial charge is 0.465 e. The third-order valence-electron chi connectivity index (χ3n) is 2.82. The molecule has 108 valence electrons. The standard InChI is InChI=1S/C16H16N2O2S/c1-11-5-3-7-13(9-11)17-16(21)18-14-8-4-6-12(10-14)15(19)20-2/h3-10H,1-2H3,(H2,17,18,21). The van der Waals surface area contributed by atoms with Gasteiger partial charge in [0.05, 0.1) is 12.7 Å². The fourth-order valence-electron chi connectivity index (χ4n) is 1.86. The molecule has 0 heterocycles. The highest BCUT2D eigenvalue weighted by molar-refractivity contribution is 7.80. The summed E-state index contributed by atoms with van der Waals surface area (Å²) < 4.78 is 4.69.